The zero-order chi connectivity index (χ0) is 14.6. The topological polar surface area (TPSA) is 90.7 Å². The first kappa shape index (κ1) is 15.3. The summed E-state index contributed by atoms with van der Waals surface area (Å²) in [5.74, 6) is -0.632. The van der Waals surface area contributed by atoms with Crippen molar-refractivity contribution in [1.29, 1.82) is 0 Å². The molecule has 1 saturated heterocycles. The summed E-state index contributed by atoms with van der Waals surface area (Å²) in [5, 5.41) is 0. The third-order valence-electron chi connectivity index (χ3n) is 2.96. The first-order chi connectivity index (χ1) is 9.54. The van der Waals surface area contributed by atoms with Gasteiger partial charge < -0.3 is 15.2 Å². The molecule has 0 saturated carbocycles. The number of benzene rings is 1. The smallest absolute Gasteiger partial charge is 0.241 e. The van der Waals surface area contributed by atoms with Crippen LogP contribution in [0, 0.1) is 5.82 Å². The summed E-state index contributed by atoms with van der Waals surface area (Å²) < 4.78 is 50.8. The Morgan fingerprint density at radius 1 is 1.40 bits per heavy atom. The maximum Gasteiger partial charge on any atom is 0.241 e. The maximum absolute atomic E-state index is 13.6. The Morgan fingerprint density at radius 2 is 2.20 bits per heavy atom. The highest BCUT2D eigenvalue weighted by Crippen LogP contribution is 2.18. The van der Waals surface area contributed by atoms with E-state index in [9.17, 15) is 12.8 Å². The van der Waals surface area contributed by atoms with E-state index >= 15 is 0 Å². The average Bonchev–Trinajstić information content (AvgIpc) is 2.46. The lowest BCUT2D eigenvalue weighted by Crippen LogP contribution is -2.40. The quantitative estimate of drug-likeness (QED) is 0.798. The van der Waals surface area contributed by atoms with Gasteiger partial charge in [-0.3, -0.25) is 0 Å². The molecule has 20 heavy (non-hydrogen) atoms. The molecule has 0 amide bonds. The number of nitrogens with two attached hydrogens (primary N) is 1. The minimum Gasteiger partial charge on any atom is -0.376 e. The van der Waals surface area contributed by atoms with E-state index in [-0.39, 0.29) is 29.7 Å². The lowest BCUT2D eigenvalue weighted by molar-refractivity contribution is -0.0846. The summed E-state index contributed by atoms with van der Waals surface area (Å²) in [7, 11) is -3.83. The van der Waals surface area contributed by atoms with Gasteiger partial charge >= 0.3 is 0 Å². The fourth-order valence-corrected chi connectivity index (χ4v) is 3.25. The van der Waals surface area contributed by atoms with Crippen LogP contribution in [0.1, 0.15) is 5.56 Å². The number of halogens is 1. The Kier molecular flexibility index (Phi) is 5.06. The van der Waals surface area contributed by atoms with E-state index in [1.165, 1.54) is 18.2 Å². The summed E-state index contributed by atoms with van der Waals surface area (Å²) in [6.07, 6.45) is -0.339. The lowest BCUT2D eigenvalue weighted by Gasteiger charge is -2.23. The molecule has 112 valence electrons. The average molecular weight is 304 g/mol. The van der Waals surface area contributed by atoms with Crippen LogP contribution in [0.15, 0.2) is 23.1 Å². The van der Waals surface area contributed by atoms with Crippen molar-refractivity contribution in [2.24, 2.45) is 5.73 Å². The number of hydrogen-bond donors (Lipinski definition) is 2. The van der Waals surface area contributed by atoms with Crippen molar-refractivity contribution >= 4 is 10.0 Å². The van der Waals surface area contributed by atoms with E-state index < -0.39 is 15.8 Å². The predicted octanol–water partition coefficient (Wildman–Crippen LogP) is -0.0219. The molecule has 8 heteroatoms. The zero-order valence-corrected chi connectivity index (χ0v) is 11.7. The first-order valence-corrected chi connectivity index (χ1v) is 7.69. The summed E-state index contributed by atoms with van der Waals surface area (Å²) in [6.45, 7) is 1.15. The van der Waals surface area contributed by atoms with Gasteiger partial charge in [0.05, 0.1) is 30.8 Å². The molecule has 1 unspecified atom stereocenters. The van der Waals surface area contributed by atoms with Crippen molar-refractivity contribution in [3.05, 3.63) is 29.6 Å². The van der Waals surface area contributed by atoms with Crippen LogP contribution >= 0.6 is 0 Å². The fraction of sp³-hybridized carbons (Fsp3) is 0.500. The molecule has 1 aromatic rings. The monoisotopic (exact) mass is 304 g/mol. The van der Waals surface area contributed by atoms with Gasteiger partial charge in [0.15, 0.2) is 0 Å². The van der Waals surface area contributed by atoms with Crippen molar-refractivity contribution in [1.82, 2.24) is 4.72 Å². The minimum atomic E-state index is -3.83. The number of sulfonamides is 1. The number of hydrogen-bond acceptors (Lipinski definition) is 5. The van der Waals surface area contributed by atoms with Crippen molar-refractivity contribution in [2.45, 2.75) is 17.5 Å². The molecule has 2 rings (SSSR count). The van der Waals surface area contributed by atoms with Crippen molar-refractivity contribution in [3.8, 4) is 0 Å². The van der Waals surface area contributed by atoms with Crippen LogP contribution in [0.3, 0.4) is 0 Å². The summed E-state index contributed by atoms with van der Waals surface area (Å²) >= 11 is 0. The van der Waals surface area contributed by atoms with Gasteiger partial charge in [0, 0.05) is 18.7 Å². The van der Waals surface area contributed by atoms with E-state index in [2.05, 4.69) is 4.72 Å². The molecule has 1 aliphatic rings. The Morgan fingerprint density at radius 3 is 2.85 bits per heavy atom. The highest BCUT2D eigenvalue weighted by atomic mass is 32.2. The first-order valence-electron chi connectivity index (χ1n) is 6.21. The molecule has 3 N–H and O–H groups in total. The second kappa shape index (κ2) is 6.59. The van der Waals surface area contributed by atoms with E-state index in [0.29, 0.717) is 19.8 Å². The molecular formula is C12H17FN2O4S. The van der Waals surface area contributed by atoms with Crippen LogP contribution in [-0.2, 0) is 26.0 Å². The summed E-state index contributed by atoms with van der Waals surface area (Å²) in [5.41, 5.74) is 5.38. The molecule has 0 spiro atoms. The molecule has 0 aliphatic carbocycles. The second-order valence-corrected chi connectivity index (χ2v) is 6.08. The number of rotatable bonds is 5. The van der Waals surface area contributed by atoms with E-state index in [0.717, 1.165) is 0 Å². The third kappa shape index (κ3) is 3.53. The molecule has 1 aliphatic heterocycles. The normalized spacial score (nSPS) is 20.0. The van der Waals surface area contributed by atoms with E-state index in [1.807, 2.05) is 0 Å². The van der Waals surface area contributed by atoms with Crippen LogP contribution in [0.25, 0.3) is 0 Å². The number of ether oxygens (including phenoxy) is 2. The number of nitrogens with one attached hydrogen (secondary N) is 1. The third-order valence-corrected chi connectivity index (χ3v) is 4.46. The summed E-state index contributed by atoms with van der Waals surface area (Å²) in [6, 6.07) is 3.84. The van der Waals surface area contributed by atoms with Gasteiger partial charge in [0.1, 0.15) is 5.82 Å². The molecule has 0 aromatic heterocycles. The highest BCUT2D eigenvalue weighted by Gasteiger charge is 2.22. The van der Waals surface area contributed by atoms with Gasteiger partial charge in [-0.1, -0.05) is 6.07 Å². The van der Waals surface area contributed by atoms with Crippen LogP contribution in [0.2, 0.25) is 0 Å². The van der Waals surface area contributed by atoms with Gasteiger partial charge in [0.25, 0.3) is 0 Å². The Bertz CT molecular complexity index is 559. The Balaban J connectivity index is 2.12. The molecule has 1 heterocycles. The Hall–Kier alpha value is -1.06. The van der Waals surface area contributed by atoms with Crippen molar-refractivity contribution < 1.29 is 22.3 Å². The van der Waals surface area contributed by atoms with Gasteiger partial charge in [-0.15, -0.1) is 0 Å². The largest absolute Gasteiger partial charge is 0.376 e. The van der Waals surface area contributed by atoms with E-state index in [1.54, 1.807) is 0 Å². The molecule has 1 aromatic carbocycles. The van der Waals surface area contributed by atoms with Gasteiger partial charge in [0.2, 0.25) is 10.0 Å². The van der Waals surface area contributed by atoms with Gasteiger partial charge in [-0.25, -0.2) is 17.5 Å². The van der Waals surface area contributed by atoms with Crippen molar-refractivity contribution in [3.63, 3.8) is 0 Å². The van der Waals surface area contributed by atoms with Gasteiger partial charge in [-0.05, 0) is 12.1 Å². The Labute approximate surface area is 117 Å². The molecular weight excluding hydrogens is 287 g/mol. The second-order valence-electron chi connectivity index (χ2n) is 4.34. The fourth-order valence-electron chi connectivity index (χ4n) is 1.92. The zero-order valence-electron chi connectivity index (χ0n) is 10.8. The van der Waals surface area contributed by atoms with Crippen LogP contribution in [-0.4, -0.2) is 40.9 Å². The highest BCUT2D eigenvalue weighted by molar-refractivity contribution is 7.89. The molecule has 0 radical (unpaired) electrons. The van der Waals surface area contributed by atoms with Crippen LogP contribution in [0.5, 0.6) is 0 Å². The molecule has 0 bridgehead atoms. The van der Waals surface area contributed by atoms with Crippen LogP contribution in [0.4, 0.5) is 4.39 Å². The summed E-state index contributed by atoms with van der Waals surface area (Å²) in [4.78, 5) is -0.142. The molecule has 1 atom stereocenters. The molecule has 1 fully saturated rings. The van der Waals surface area contributed by atoms with Gasteiger partial charge in [-0.2, -0.15) is 0 Å². The minimum absolute atomic E-state index is 0.0270. The van der Waals surface area contributed by atoms with Crippen LogP contribution < -0.4 is 10.5 Å². The van der Waals surface area contributed by atoms with E-state index in [4.69, 9.17) is 15.2 Å². The maximum atomic E-state index is 13.6. The van der Waals surface area contributed by atoms with Crippen molar-refractivity contribution in [2.75, 3.05) is 26.4 Å². The SMILES string of the molecule is NCc1c(F)cccc1S(=O)(=O)NCC1COCCO1. The predicted molar refractivity (Wildman–Crippen MR) is 70.0 cm³/mol. The standard InChI is InChI=1S/C12H17FN2O4S/c13-11-2-1-3-12(10(11)6-14)20(16,17)15-7-9-8-18-4-5-19-9/h1-3,9,15H,4-8,14H2. The lowest BCUT2D eigenvalue weighted by atomic mass is 10.2. The molecule has 6 nitrogen and oxygen atoms in total.